The zero-order chi connectivity index (χ0) is 21.3. The Bertz CT molecular complexity index is 1240. The van der Waals surface area contributed by atoms with Crippen LogP contribution in [0.15, 0.2) is 48.5 Å². The maximum Gasteiger partial charge on any atom is 0.260 e. The number of thiophene rings is 1. The summed E-state index contributed by atoms with van der Waals surface area (Å²) in [5.74, 6) is -0.175. The van der Waals surface area contributed by atoms with E-state index in [2.05, 4.69) is 27.4 Å². The van der Waals surface area contributed by atoms with Gasteiger partial charge in [-0.15, -0.1) is 11.3 Å². The van der Waals surface area contributed by atoms with Crippen molar-refractivity contribution in [1.29, 1.82) is 0 Å². The van der Waals surface area contributed by atoms with E-state index in [0.717, 1.165) is 17.8 Å². The van der Waals surface area contributed by atoms with E-state index in [4.69, 9.17) is 34.7 Å². The zero-order valence-electron chi connectivity index (χ0n) is 15.7. The van der Waals surface area contributed by atoms with E-state index in [1.165, 1.54) is 5.56 Å². The third-order valence-electron chi connectivity index (χ3n) is 4.54. The highest BCUT2D eigenvalue weighted by Gasteiger charge is 2.21. The second-order valence-corrected chi connectivity index (χ2v) is 8.39. The van der Waals surface area contributed by atoms with Gasteiger partial charge in [0.05, 0.1) is 26.8 Å². The van der Waals surface area contributed by atoms with E-state index in [1.807, 2.05) is 18.2 Å². The number of halogens is 2. The molecular formula is C21H17Cl2N5OS. The highest BCUT2D eigenvalue weighted by molar-refractivity contribution is 7.21. The van der Waals surface area contributed by atoms with Crippen LogP contribution in [-0.4, -0.2) is 22.4 Å². The first-order chi connectivity index (χ1) is 14.4. The maximum absolute atomic E-state index is 11.8. The molecule has 0 fully saturated rings. The Morgan fingerprint density at radius 1 is 1.07 bits per heavy atom. The van der Waals surface area contributed by atoms with Crippen LogP contribution in [0.2, 0.25) is 10.0 Å². The van der Waals surface area contributed by atoms with Gasteiger partial charge in [-0.05, 0) is 24.1 Å². The first-order valence-electron chi connectivity index (χ1n) is 9.07. The van der Waals surface area contributed by atoms with Crippen molar-refractivity contribution < 1.29 is 4.79 Å². The fourth-order valence-corrected chi connectivity index (χ4v) is 4.34. The summed E-state index contributed by atoms with van der Waals surface area (Å²) in [5, 5.41) is 4.64. The lowest BCUT2D eigenvalue weighted by atomic mass is 10.1. The Labute approximate surface area is 186 Å². The predicted molar refractivity (Wildman–Crippen MR) is 124 cm³/mol. The van der Waals surface area contributed by atoms with E-state index >= 15 is 0 Å². The van der Waals surface area contributed by atoms with Crippen LogP contribution in [0.5, 0.6) is 0 Å². The molecule has 0 aliphatic carbocycles. The largest absolute Gasteiger partial charge is 0.397 e. The minimum Gasteiger partial charge on any atom is -0.397 e. The number of aromatic nitrogens is 2. The second kappa shape index (κ2) is 8.47. The fraction of sp³-hybridized carbons (Fsp3) is 0.0952. The minimum atomic E-state index is -0.603. The summed E-state index contributed by atoms with van der Waals surface area (Å²) in [7, 11) is 0. The Kier molecular flexibility index (Phi) is 5.76. The number of hydrogen-bond donors (Lipinski definition) is 3. The van der Waals surface area contributed by atoms with Crippen LogP contribution >= 0.6 is 34.5 Å². The van der Waals surface area contributed by atoms with Crippen LogP contribution in [0.1, 0.15) is 15.2 Å². The number of fused-ring (bicyclic) bond motifs is 1. The molecule has 0 aliphatic rings. The fourth-order valence-electron chi connectivity index (χ4n) is 3.10. The molecule has 5 N–H and O–H groups in total. The summed E-state index contributed by atoms with van der Waals surface area (Å²) in [5.41, 5.74) is 14.4. The van der Waals surface area contributed by atoms with Crippen molar-refractivity contribution in [1.82, 2.24) is 9.97 Å². The summed E-state index contributed by atoms with van der Waals surface area (Å²) in [6.45, 7) is 0.639. The van der Waals surface area contributed by atoms with E-state index in [1.54, 1.807) is 18.2 Å². The average Bonchev–Trinajstić information content (AvgIpc) is 3.07. The molecule has 0 unspecified atom stereocenters. The number of nitrogens with zero attached hydrogens (tertiary/aromatic N) is 2. The molecule has 0 bridgehead atoms. The molecule has 2 aromatic carbocycles. The van der Waals surface area contributed by atoms with Gasteiger partial charge in [0.1, 0.15) is 9.71 Å². The van der Waals surface area contributed by atoms with Gasteiger partial charge in [-0.3, -0.25) is 4.79 Å². The number of carbonyl (C=O) groups excluding carboxylic acids is 1. The number of hydrogen-bond acceptors (Lipinski definition) is 6. The van der Waals surface area contributed by atoms with Gasteiger partial charge in [0.2, 0.25) is 5.95 Å². The zero-order valence-corrected chi connectivity index (χ0v) is 18.0. The molecule has 4 rings (SSSR count). The molecule has 0 saturated carbocycles. The highest BCUT2D eigenvalue weighted by atomic mass is 35.5. The molecule has 2 heterocycles. The molecule has 152 valence electrons. The normalized spacial score (nSPS) is 11.0. The van der Waals surface area contributed by atoms with E-state index in [0.29, 0.717) is 44.0 Å². The van der Waals surface area contributed by atoms with Crippen LogP contribution in [0, 0.1) is 0 Å². The van der Waals surface area contributed by atoms with Crippen molar-refractivity contribution in [3.8, 4) is 11.3 Å². The third-order valence-corrected chi connectivity index (χ3v) is 6.40. The number of carbonyl (C=O) groups is 1. The minimum absolute atomic E-state index is 0.252. The number of nitrogen functional groups attached to an aromatic ring is 1. The monoisotopic (exact) mass is 457 g/mol. The molecule has 30 heavy (non-hydrogen) atoms. The molecule has 9 heteroatoms. The smallest absolute Gasteiger partial charge is 0.260 e. The van der Waals surface area contributed by atoms with Crippen LogP contribution in [0.4, 0.5) is 11.6 Å². The van der Waals surface area contributed by atoms with Gasteiger partial charge in [-0.2, -0.15) is 0 Å². The Balaban J connectivity index is 1.76. The molecule has 6 nitrogen and oxygen atoms in total. The molecule has 0 spiro atoms. The van der Waals surface area contributed by atoms with Crippen LogP contribution in [-0.2, 0) is 6.42 Å². The summed E-state index contributed by atoms with van der Waals surface area (Å²) in [6, 6.07) is 15.3. The van der Waals surface area contributed by atoms with Gasteiger partial charge in [-0.1, -0.05) is 59.6 Å². The van der Waals surface area contributed by atoms with Crippen LogP contribution in [0.25, 0.3) is 21.5 Å². The summed E-state index contributed by atoms with van der Waals surface area (Å²) < 4.78 is 0. The van der Waals surface area contributed by atoms with Gasteiger partial charge in [0.25, 0.3) is 5.91 Å². The van der Waals surface area contributed by atoms with Gasteiger partial charge < -0.3 is 16.8 Å². The summed E-state index contributed by atoms with van der Waals surface area (Å²) >= 11 is 13.4. The van der Waals surface area contributed by atoms with E-state index in [-0.39, 0.29) is 10.6 Å². The molecule has 1 amide bonds. The topological polar surface area (TPSA) is 107 Å². The number of primary amides is 1. The number of rotatable bonds is 6. The molecule has 0 radical (unpaired) electrons. The summed E-state index contributed by atoms with van der Waals surface area (Å²) in [6.07, 6.45) is 0.809. The lowest BCUT2D eigenvalue weighted by Crippen LogP contribution is -2.10. The first kappa shape index (κ1) is 20.4. The van der Waals surface area contributed by atoms with E-state index < -0.39 is 5.91 Å². The number of benzene rings is 2. The number of amides is 1. The quantitative estimate of drug-likeness (QED) is 0.377. The predicted octanol–water partition coefficient (Wildman–Crippen LogP) is 5.00. The first-order valence-corrected chi connectivity index (χ1v) is 10.6. The van der Waals surface area contributed by atoms with Crippen molar-refractivity contribution in [2.75, 3.05) is 17.6 Å². The number of nitrogens with two attached hydrogens (primary N) is 2. The molecule has 2 aromatic heterocycles. The standard InChI is InChI=1S/C21H17Cl2N5OS/c22-13-7-6-12(10-14(13)23)17-15-16(24)18(19(25)29)30-20(15)28-21(27-17)26-9-8-11-4-2-1-3-5-11/h1-7,10H,8-9,24H2,(H2,25,29)(H,26,27,28). The highest BCUT2D eigenvalue weighted by Crippen LogP contribution is 2.40. The van der Waals surface area contributed by atoms with Crippen molar-refractivity contribution in [3.63, 3.8) is 0 Å². The Hall–Kier alpha value is -2.87. The van der Waals surface area contributed by atoms with Gasteiger partial charge in [0.15, 0.2) is 0 Å². The van der Waals surface area contributed by atoms with Crippen LogP contribution < -0.4 is 16.8 Å². The maximum atomic E-state index is 11.8. The van der Waals surface area contributed by atoms with Crippen molar-refractivity contribution in [2.24, 2.45) is 5.73 Å². The second-order valence-electron chi connectivity index (χ2n) is 6.58. The van der Waals surface area contributed by atoms with Crippen molar-refractivity contribution in [2.45, 2.75) is 6.42 Å². The lowest BCUT2D eigenvalue weighted by Gasteiger charge is -2.10. The lowest BCUT2D eigenvalue weighted by molar-refractivity contribution is 0.100. The number of anilines is 2. The number of nitrogens with one attached hydrogen (secondary N) is 1. The molecule has 4 aromatic rings. The molecule has 0 atom stereocenters. The van der Waals surface area contributed by atoms with Gasteiger partial charge in [-0.25, -0.2) is 9.97 Å². The molecular weight excluding hydrogens is 441 g/mol. The van der Waals surface area contributed by atoms with Gasteiger partial charge in [0, 0.05) is 12.1 Å². The van der Waals surface area contributed by atoms with Crippen molar-refractivity contribution in [3.05, 3.63) is 69.0 Å². The van der Waals surface area contributed by atoms with Gasteiger partial charge >= 0.3 is 0 Å². The SMILES string of the molecule is NC(=O)c1sc2nc(NCCc3ccccc3)nc(-c3ccc(Cl)c(Cl)c3)c2c1N. The molecule has 0 saturated heterocycles. The summed E-state index contributed by atoms with van der Waals surface area (Å²) in [4.78, 5) is 21.8. The Morgan fingerprint density at radius 3 is 2.53 bits per heavy atom. The molecule has 0 aliphatic heterocycles. The van der Waals surface area contributed by atoms with Crippen LogP contribution in [0.3, 0.4) is 0 Å². The third kappa shape index (κ3) is 4.05. The van der Waals surface area contributed by atoms with E-state index in [9.17, 15) is 4.79 Å². The Morgan fingerprint density at radius 2 is 1.83 bits per heavy atom. The average molecular weight is 458 g/mol. The van der Waals surface area contributed by atoms with Crippen molar-refractivity contribution >= 4 is 62.3 Å².